The first-order valence-electron chi connectivity index (χ1n) is 8.69. The van der Waals surface area contributed by atoms with Crippen LogP contribution in [0.1, 0.15) is 39.5 Å². The van der Waals surface area contributed by atoms with Crippen molar-refractivity contribution in [1.29, 1.82) is 0 Å². The van der Waals surface area contributed by atoms with E-state index in [-0.39, 0.29) is 6.10 Å². The number of para-hydroxylation sites is 1. The molecule has 5 nitrogen and oxygen atoms in total. The van der Waals surface area contributed by atoms with Crippen LogP contribution in [0.5, 0.6) is 0 Å². The maximum Gasteiger partial charge on any atom is 0.270 e. The number of hydrogen-bond acceptors (Lipinski definition) is 4. The molecule has 0 spiro atoms. The molecule has 0 aliphatic carbocycles. The Hall–Kier alpha value is -1.98. The largest absolute Gasteiger partial charge is 0.331 e. The van der Waals surface area contributed by atoms with E-state index in [1.807, 2.05) is 47.3 Å². The van der Waals surface area contributed by atoms with E-state index in [1.54, 1.807) is 6.20 Å². The Labute approximate surface area is 143 Å². The van der Waals surface area contributed by atoms with Gasteiger partial charge in [0, 0.05) is 12.6 Å². The standard InChI is InChI=1S/C19H25N3O2/c1-3-16(2)24-19(12-7-8-14-23-19)21-17-11-13-22(20-15-17)18-9-5-4-6-10-18/h4-6,9-11,13,15-16H,3,7-8,12,14H2,1-2H3. The second kappa shape index (κ2) is 7.73. The lowest BCUT2D eigenvalue weighted by atomic mass is 10.1. The van der Waals surface area contributed by atoms with Crippen molar-refractivity contribution < 1.29 is 9.47 Å². The van der Waals surface area contributed by atoms with Crippen molar-refractivity contribution in [2.75, 3.05) is 6.61 Å². The highest BCUT2D eigenvalue weighted by molar-refractivity contribution is 5.29. The van der Waals surface area contributed by atoms with Crippen LogP contribution in [0.2, 0.25) is 0 Å². The highest BCUT2D eigenvalue weighted by Gasteiger charge is 2.35. The Balaban J connectivity index is 1.87. The average molecular weight is 327 g/mol. The second-order valence-electron chi connectivity index (χ2n) is 6.13. The third kappa shape index (κ3) is 4.10. The van der Waals surface area contributed by atoms with Crippen molar-refractivity contribution in [3.05, 3.63) is 54.1 Å². The van der Waals surface area contributed by atoms with Crippen LogP contribution in [0.25, 0.3) is 5.69 Å². The molecule has 2 atom stereocenters. The summed E-state index contributed by atoms with van der Waals surface area (Å²) in [6.45, 7) is 4.85. The first-order chi connectivity index (χ1) is 11.7. The van der Waals surface area contributed by atoms with Crippen molar-refractivity contribution in [3.8, 4) is 5.69 Å². The van der Waals surface area contributed by atoms with Gasteiger partial charge in [-0.1, -0.05) is 25.1 Å². The fourth-order valence-electron chi connectivity index (χ4n) is 2.71. The fraction of sp³-hybridized carbons (Fsp3) is 0.474. The third-order valence-electron chi connectivity index (χ3n) is 4.20. The molecule has 128 valence electrons. The molecule has 0 amide bonds. The lowest BCUT2D eigenvalue weighted by Gasteiger charge is -2.35. The molecule has 1 fully saturated rings. The zero-order valence-electron chi connectivity index (χ0n) is 14.4. The van der Waals surface area contributed by atoms with E-state index in [2.05, 4.69) is 18.9 Å². The molecular weight excluding hydrogens is 302 g/mol. The number of hydrogen-bond donors (Lipinski definition) is 0. The van der Waals surface area contributed by atoms with Gasteiger partial charge < -0.3 is 9.47 Å². The Morgan fingerprint density at radius 2 is 2.12 bits per heavy atom. The van der Waals surface area contributed by atoms with Crippen LogP contribution in [0, 0.1) is 0 Å². The molecule has 0 saturated carbocycles. The maximum atomic E-state index is 6.12. The predicted octanol–water partition coefficient (Wildman–Crippen LogP) is 3.44. The quantitative estimate of drug-likeness (QED) is 0.845. The van der Waals surface area contributed by atoms with Gasteiger partial charge in [-0.25, -0.2) is 9.67 Å². The zero-order chi connectivity index (χ0) is 16.8. The molecule has 5 heteroatoms. The van der Waals surface area contributed by atoms with Gasteiger partial charge >= 0.3 is 0 Å². The predicted molar refractivity (Wildman–Crippen MR) is 92.5 cm³/mol. The van der Waals surface area contributed by atoms with E-state index in [4.69, 9.17) is 14.5 Å². The minimum absolute atomic E-state index is 0.109. The molecule has 1 aliphatic rings. The molecule has 1 saturated heterocycles. The van der Waals surface area contributed by atoms with Gasteiger partial charge in [-0.15, -0.1) is 0 Å². The van der Waals surface area contributed by atoms with Crippen molar-refractivity contribution >= 4 is 0 Å². The summed E-state index contributed by atoms with van der Waals surface area (Å²) in [4.78, 5) is 4.75. The van der Waals surface area contributed by atoms with Crippen LogP contribution < -0.4 is 5.36 Å². The van der Waals surface area contributed by atoms with Crippen LogP contribution in [-0.2, 0) is 9.47 Å². The molecule has 1 aromatic heterocycles. The summed E-state index contributed by atoms with van der Waals surface area (Å²) in [6.07, 6.45) is 7.61. The van der Waals surface area contributed by atoms with Gasteiger partial charge in [0.25, 0.3) is 5.91 Å². The molecule has 0 radical (unpaired) electrons. The summed E-state index contributed by atoms with van der Waals surface area (Å²) < 4.78 is 13.9. The average Bonchev–Trinajstić information content (AvgIpc) is 2.63. The molecule has 24 heavy (non-hydrogen) atoms. The number of aromatic nitrogens is 2. The lowest BCUT2D eigenvalue weighted by molar-refractivity contribution is -0.270. The summed E-state index contributed by atoms with van der Waals surface area (Å²) in [7, 11) is 0. The fourth-order valence-corrected chi connectivity index (χ4v) is 2.71. The van der Waals surface area contributed by atoms with E-state index in [0.717, 1.165) is 36.7 Å². The summed E-state index contributed by atoms with van der Waals surface area (Å²) >= 11 is 0. The van der Waals surface area contributed by atoms with Crippen LogP contribution >= 0.6 is 0 Å². The molecule has 0 N–H and O–H groups in total. The van der Waals surface area contributed by atoms with Gasteiger partial charge in [0.05, 0.1) is 30.0 Å². The summed E-state index contributed by atoms with van der Waals surface area (Å²) in [6, 6.07) is 12.0. The first kappa shape index (κ1) is 16.9. The van der Waals surface area contributed by atoms with Crippen LogP contribution in [0.3, 0.4) is 0 Å². The molecular formula is C19H25N3O2. The summed E-state index contributed by atoms with van der Waals surface area (Å²) in [5.74, 6) is -0.867. The summed E-state index contributed by atoms with van der Waals surface area (Å²) in [5.41, 5.74) is 1.02. The Bertz CT molecular complexity index is 686. The van der Waals surface area contributed by atoms with Gasteiger partial charge in [0.2, 0.25) is 0 Å². The Morgan fingerprint density at radius 1 is 1.29 bits per heavy atom. The maximum absolute atomic E-state index is 6.12. The molecule has 2 heterocycles. The van der Waals surface area contributed by atoms with E-state index in [0.29, 0.717) is 6.61 Å². The van der Waals surface area contributed by atoms with Gasteiger partial charge in [-0.05, 0) is 44.4 Å². The van der Waals surface area contributed by atoms with Crippen LogP contribution in [-0.4, -0.2) is 28.4 Å². The van der Waals surface area contributed by atoms with Gasteiger partial charge in [0.15, 0.2) is 0 Å². The highest BCUT2D eigenvalue weighted by atomic mass is 16.7. The number of ether oxygens (including phenoxy) is 2. The monoisotopic (exact) mass is 327 g/mol. The van der Waals surface area contributed by atoms with Crippen molar-refractivity contribution in [3.63, 3.8) is 0 Å². The number of benzene rings is 1. The van der Waals surface area contributed by atoms with Crippen LogP contribution in [0.4, 0.5) is 0 Å². The zero-order valence-corrected chi connectivity index (χ0v) is 14.4. The smallest absolute Gasteiger partial charge is 0.270 e. The summed E-state index contributed by atoms with van der Waals surface area (Å²) in [5, 5.41) is 5.23. The van der Waals surface area contributed by atoms with Crippen molar-refractivity contribution in [2.45, 2.75) is 51.5 Å². The first-order valence-corrected chi connectivity index (χ1v) is 8.69. The number of nitrogens with zero attached hydrogens (tertiary/aromatic N) is 3. The molecule has 1 aromatic carbocycles. The molecule has 2 unspecified atom stereocenters. The second-order valence-corrected chi connectivity index (χ2v) is 6.13. The molecule has 2 aromatic rings. The molecule has 0 bridgehead atoms. The molecule has 3 rings (SSSR count). The minimum Gasteiger partial charge on any atom is -0.331 e. The number of rotatable bonds is 5. The van der Waals surface area contributed by atoms with E-state index in [1.165, 1.54) is 0 Å². The Morgan fingerprint density at radius 3 is 2.75 bits per heavy atom. The Kier molecular flexibility index (Phi) is 5.43. The van der Waals surface area contributed by atoms with Gasteiger partial charge in [-0.2, -0.15) is 5.10 Å². The third-order valence-corrected chi connectivity index (χ3v) is 4.20. The molecule has 1 aliphatic heterocycles. The minimum atomic E-state index is -0.867. The SMILES string of the molecule is CCC(C)OC1(N=c2ccn(-c3ccccc3)nc2)CCCCO1. The van der Waals surface area contributed by atoms with Gasteiger partial charge in [-0.3, -0.25) is 0 Å². The lowest BCUT2D eigenvalue weighted by Crippen LogP contribution is -2.41. The van der Waals surface area contributed by atoms with Crippen molar-refractivity contribution in [1.82, 2.24) is 9.78 Å². The van der Waals surface area contributed by atoms with E-state index in [9.17, 15) is 0 Å². The van der Waals surface area contributed by atoms with Gasteiger partial charge in [0.1, 0.15) is 0 Å². The van der Waals surface area contributed by atoms with Crippen molar-refractivity contribution in [2.24, 2.45) is 4.99 Å². The van der Waals surface area contributed by atoms with E-state index < -0.39 is 5.91 Å². The highest BCUT2D eigenvalue weighted by Crippen LogP contribution is 2.29. The van der Waals surface area contributed by atoms with Crippen LogP contribution in [0.15, 0.2) is 53.8 Å². The van der Waals surface area contributed by atoms with E-state index >= 15 is 0 Å². The topological polar surface area (TPSA) is 48.6 Å². The normalized spacial score (nSPS) is 23.2.